The lowest BCUT2D eigenvalue weighted by Gasteiger charge is -2.19. The molecule has 1 aromatic heterocycles. The molecule has 1 N–H and O–H groups in total. The van der Waals surface area contributed by atoms with Gasteiger partial charge in [0.05, 0.1) is 0 Å². The second kappa shape index (κ2) is 6.43. The second-order valence-electron chi connectivity index (χ2n) is 6.19. The van der Waals surface area contributed by atoms with Crippen molar-refractivity contribution in [1.29, 1.82) is 0 Å². The largest absolute Gasteiger partial charge is 0.456 e. The highest BCUT2D eigenvalue weighted by molar-refractivity contribution is 7.17. The van der Waals surface area contributed by atoms with Gasteiger partial charge in [-0.2, -0.15) is 13.2 Å². The van der Waals surface area contributed by atoms with Crippen molar-refractivity contribution in [3.8, 4) is 0 Å². The smallest absolute Gasteiger partial charge is 0.435 e. The minimum Gasteiger partial charge on any atom is -0.456 e. The van der Waals surface area contributed by atoms with Crippen LogP contribution in [0.5, 0.6) is 0 Å². The van der Waals surface area contributed by atoms with Gasteiger partial charge in [-0.25, -0.2) is 9.78 Å². The van der Waals surface area contributed by atoms with Crippen LogP contribution in [0.2, 0.25) is 0 Å². The van der Waals surface area contributed by atoms with Gasteiger partial charge in [-0.15, -0.1) is 0 Å². The third-order valence-corrected chi connectivity index (χ3v) is 3.70. The number of anilines is 2. The molecule has 0 bridgehead atoms. The number of benzene rings is 1. The molecule has 0 aliphatic carbocycles. The number of hydrogen-bond donors (Lipinski definition) is 1. The molecule has 0 radical (unpaired) electrons. The molecule has 0 atom stereocenters. The van der Waals surface area contributed by atoms with Crippen LogP contribution in [0.3, 0.4) is 0 Å². The van der Waals surface area contributed by atoms with Crippen LogP contribution in [0.15, 0.2) is 24.3 Å². The van der Waals surface area contributed by atoms with E-state index in [4.69, 9.17) is 4.74 Å². The summed E-state index contributed by atoms with van der Waals surface area (Å²) >= 11 is 0.619. The summed E-state index contributed by atoms with van der Waals surface area (Å²) in [7, 11) is 0. The van der Waals surface area contributed by atoms with Gasteiger partial charge in [0.15, 0.2) is 10.8 Å². The Morgan fingerprint density at radius 1 is 1.25 bits per heavy atom. The van der Waals surface area contributed by atoms with Gasteiger partial charge >= 0.3 is 12.1 Å². The number of carbonyl (C=O) groups excluding carboxylic acids is 1. The predicted molar refractivity (Wildman–Crippen MR) is 86.7 cm³/mol. The normalized spacial score (nSPS) is 12.1. The molecule has 1 heterocycles. The van der Waals surface area contributed by atoms with E-state index in [-0.39, 0.29) is 5.13 Å². The van der Waals surface area contributed by atoms with Crippen LogP contribution in [0.4, 0.5) is 24.0 Å². The van der Waals surface area contributed by atoms with E-state index in [1.807, 2.05) is 13.0 Å². The standard InChI is InChI=1S/C16H17F3N2O2S/c1-9-6-5-7-10(8-9)20-14-21-12(16(17,18)19)11(24-14)13(22)23-15(2,3)4/h5-8H,1-4H3,(H,20,21). The molecule has 0 fully saturated rings. The zero-order valence-corrected chi connectivity index (χ0v) is 14.4. The van der Waals surface area contributed by atoms with Crippen molar-refractivity contribution in [2.24, 2.45) is 0 Å². The van der Waals surface area contributed by atoms with E-state index in [0.29, 0.717) is 17.0 Å². The van der Waals surface area contributed by atoms with Gasteiger partial charge in [-0.1, -0.05) is 23.5 Å². The van der Waals surface area contributed by atoms with Crippen LogP contribution >= 0.6 is 11.3 Å². The van der Waals surface area contributed by atoms with E-state index < -0.39 is 28.3 Å². The SMILES string of the molecule is Cc1cccc(Nc2nc(C(F)(F)F)c(C(=O)OC(C)(C)C)s2)c1. The van der Waals surface area contributed by atoms with Crippen LogP contribution < -0.4 is 5.32 Å². The summed E-state index contributed by atoms with van der Waals surface area (Å²) in [5.41, 5.74) is -0.598. The van der Waals surface area contributed by atoms with Crippen LogP contribution in [0.1, 0.15) is 41.7 Å². The molecule has 1 aromatic carbocycles. The van der Waals surface area contributed by atoms with Crippen LogP contribution in [0, 0.1) is 6.92 Å². The molecule has 0 saturated heterocycles. The Balaban J connectivity index is 2.36. The van der Waals surface area contributed by atoms with Crippen molar-refractivity contribution in [1.82, 2.24) is 4.98 Å². The molecule has 0 saturated carbocycles. The quantitative estimate of drug-likeness (QED) is 0.769. The molecule has 4 nitrogen and oxygen atoms in total. The number of alkyl halides is 3. The van der Waals surface area contributed by atoms with Gasteiger partial charge in [-0.05, 0) is 45.4 Å². The number of esters is 1. The lowest BCUT2D eigenvalue weighted by molar-refractivity contribution is -0.141. The van der Waals surface area contributed by atoms with E-state index in [0.717, 1.165) is 5.56 Å². The highest BCUT2D eigenvalue weighted by Gasteiger charge is 2.41. The molecule has 24 heavy (non-hydrogen) atoms. The first-order chi connectivity index (χ1) is 11.0. The number of aromatic nitrogens is 1. The number of rotatable bonds is 3. The number of nitrogens with zero attached hydrogens (tertiary/aromatic N) is 1. The molecule has 0 spiro atoms. The molecular formula is C16H17F3N2O2S. The minimum absolute atomic E-state index is 0.0196. The Bertz CT molecular complexity index is 749. The summed E-state index contributed by atoms with van der Waals surface area (Å²) in [6.07, 6.45) is -4.74. The molecule has 8 heteroatoms. The van der Waals surface area contributed by atoms with Gasteiger partial charge in [-0.3, -0.25) is 0 Å². The van der Waals surface area contributed by atoms with Gasteiger partial charge in [0.25, 0.3) is 0 Å². The lowest BCUT2D eigenvalue weighted by atomic mass is 10.2. The Labute approximate surface area is 141 Å². The van der Waals surface area contributed by atoms with Crippen molar-refractivity contribution < 1.29 is 22.7 Å². The summed E-state index contributed by atoms with van der Waals surface area (Å²) in [6.45, 7) is 6.63. The fourth-order valence-electron chi connectivity index (χ4n) is 1.87. The van der Waals surface area contributed by atoms with Crippen molar-refractivity contribution in [2.45, 2.75) is 39.5 Å². The first-order valence-corrected chi connectivity index (χ1v) is 7.92. The maximum atomic E-state index is 13.2. The fourth-order valence-corrected chi connectivity index (χ4v) is 2.76. The third-order valence-electron chi connectivity index (χ3n) is 2.75. The first-order valence-electron chi connectivity index (χ1n) is 7.11. The minimum atomic E-state index is -4.74. The van der Waals surface area contributed by atoms with Crippen LogP contribution in [0.25, 0.3) is 0 Å². The Morgan fingerprint density at radius 3 is 2.46 bits per heavy atom. The lowest BCUT2D eigenvalue weighted by Crippen LogP contribution is -2.25. The molecule has 130 valence electrons. The Morgan fingerprint density at radius 2 is 1.92 bits per heavy atom. The Hall–Kier alpha value is -2.09. The summed E-state index contributed by atoms with van der Waals surface area (Å²) in [4.78, 5) is 15.0. The molecule has 2 rings (SSSR count). The average Bonchev–Trinajstić information content (AvgIpc) is 2.80. The number of carbonyl (C=O) groups is 1. The fraction of sp³-hybridized carbons (Fsp3) is 0.375. The second-order valence-corrected chi connectivity index (χ2v) is 7.19. The molecular weight excluding hydrogens is 341 g/mol. The highest BCUT2D eigenvalue weighted by Crippen LogP contribution is 2.37. The maximum absolute atomic E-state index is 13.2. The number of halogens is 3. The van der Waals surface area contributed by atoms with Crippen molar-refractivity contribution in [2.75, 3.05) is 5.32 Å². The maximum Gasteiger partial charge on any atom is 0.435 e. The molecule has 0 aliphatic rings. The molecule has 0 amide bonds. The number of thiazole rings is 1. The third kappa shape index (κ3) is 4.70. The van der Waals surface area contributed by atoms with E-state index in [1.54, 1.807) is 39.0 Å². The molecule has 0 aliphatic heterocycles. The Kier molecular flexibility index (Phi) is 4.89. The van der Waals surface area contributed by atoms with Crippen LogP contribution in [-0.4, -0.2) is 16.6 Å². The summed E-state index contributed by atoms with van der Waals surface area (Å²) in [5.74, 6) is -1.04. The zero-order valence-electron chi connectivity index (χ0n) is 13.6. The number of nitrogens with one attached hydrogen (secondary N) is 1. The van der Waals surface area contributed by atoms with Gasteiger partial charge in [0, 0.05) is 5.69 Å². The zero-order chi connectivity index (χ0) is 18.1. The van der Waals surface area contributed by atoms with Crippen molar-refractivity contribution in [3.05, 3.63) is 40.4 Å². The van der Waals surface area contributed by atoms with E-state index in [2.05, 4.69) is 10.3 Å². The topological polar surface area (TPSA) is 51.2 Å². The number of hydrogen-bond acceptors (Lipinski definition) is 5. The van der Waals surface area contributed by atoms with E-state index in [1.165, 1.54) is 0 Å². The number of ether oxygens (including phenoxy) is 1. The van der Waals surface area contributed by atoms with Gasteiger partial charge < -0.3 is 10.1 Å². The van der Waals surface area contributed by atoms with Crippen molar-refractivity contribution >= 4 is 28.1 Å². The van der Waals surface area contributed by atoms with Gasteiger partial charge in [0.1, 0.15) is 10.5 Å². The van der Waals surface area contributed by atoms with Crippen molar-refractivity contribution in [3.63, 3.8) is 0 Å². The summed E-state index contributed by atoms with van der Waals surface area (Å²) in [5, 5.41) is 2.78. The van der Waals surface area contributed by atoms with E-state index in [9.17, 15) is 18.0 Å². The average molecular weight is 358 g/mol. The van der Waals surface area contributed by atoms with E-state index >= 15 is 0 Å². The van der Waals surface area contributed by atoms with Crippen LogP contribution in [-0.2, 0) is 10.9 Å². The highest BCUT2D eigenvalue weighted by atomic mass is 32.1. The summed E-state index contributed by atoms with van der Waals surface area (Å²) < 4.78 is 44.5. The monoisotopic (exact) mass is 358 g/mol. The predicted octanol–water partition coefficient (Wildman–Crippen LogP) is 5.17. The summed E-state index contributed by atoms with van der Waals surface area (Å²) in [6, 6.07) is 7.10. The first kappa shape index (κ1) is 18.3. The molecule has 2 aromatic rings. The molecule has 0 unspecified atom stereocenters. The number of aryl methyl sites for hydroxylation is 1. The van der Waals surface area contributed by atoms with Gasteiger partial charge in [0.2, 0.25) is 0 Å².